The maximum absolute atomic E-state index is 12.5. The van der Waals surface area contributed by atoms with Gasteiger partial charge in [0.2, 0.25) is 23.9 Å². The van der Waals surface area contributed by atoms with Gasteiger partial charge in [-0.3, -0.25) is 9.59 Å². The molecular formula is C18H13NO6. The second kappa shape index (κ2) is 5.55. The topological polar surface area (TPSA) is 98.0 Å². The van der Waals surface area contributed by atoms with Crippen molar-refractivity contribution < 1.29 is 23.8 Å². The molecular weight excluding hydrogens is 326 g/mol. The molecule has 1 aliphatic heterocycles. The Morgan fingerprint density at radius 2 is 1.92 bits per heavy atom. The highest BCUT2D eigenvalue weighted by Crippen LogP contribution is 2.38. The first kappa shape index (κ1) is 15.1. The third-order valence-corrected chi connectivity index (χ3v) is 3.82. The van der Waals surface area contributed by atoms with Crippen LogP contribution in [0.4, 0.5) is 5.69 Å². The zero-order chi connectivity index (χ0) is 17.6. The predicted molar refractivity (Wildman–Crippen MR) is 90.0 cm³/mol. The molecule has 1 aromatic heterocycles. The Labute approximate surface area is 141 Å². The molecule has 2 aromatic carbocycles. The van der Waals surface area contributed by atoms with Crippen molar-refractivity contribution in [1.82, 2.24) is 0 Å². The van der Waals surface area contributed by atoms with E-state index in [-0.39, 0.29) is 23.8 Å². The van der Waals surface area contributed by atoms with Gasteiger partial charge in [-0.25, -0.2) is 0 Å². The summed E-state index contributed by atoms with van der Waals surface area (Å²) in [6, 6.07) is 9.64. The van der Waals surface area contributed by atoms with Crippen molar-refractivity contribution in [3.05, 3.63) is 46.6 Å². The number of rotatable bonds is 2. The molecule has 4 rings (SSSR count). The normalized spacial score (nSPS) is 12.4. The summed E-state index contributed by atoms with van der Waals surface area (Å²) in [4.78, 5) is 23.7. The number of aromatic hydroxyl groups is 1. The van der Waals surface area contributed by atoms with Gasteiger partial charge in [0, 0.05) is 18.2 Å². The standard InChI is InChI=1S/C18H13NO6/c1-9(20)19-11-3-5-13-12(7-11)16(21)17(22)18(25-13)10-2-4-14-15(6-10)24-8-23-14/h2-7,22H,8H2,1H3,(H,19,20). The molecule has 0 spiro atoms. The fraction of sp³-hybridized carbons (Fsp3) is 0.111. The van der Waals surface area contributed by atoms with Gasteiger partial charge in [-0.1, -0.05) is 0 Å². The van der Waals surface area contributed by atoms with Gasteiger partial charge in [0.1, 0.15) is 5.58 Å². The van der Waals surface area contributed by atoms with Crippen LogP contribution in [-0.2, 0) is 4.79 Å². The monoisotopic (exact) mass is 339 g/mol. The molecule has 0 saturated carbocycles. The number of hydrogen-bond donors (Lipinski definition) is 2. The van der Waals surface area contributed by atoms with E-state index in [0.717, 1.165) is 0 Å². The Morgan fingerprint density at radius 3 is 2.72 bits per heavy atom. The number of fused-ring (bicyclic) bond motifs is 2. The van der Waals surface area contributed by atoms with E-state index in [2.05, 4.69) is 5.32 Å². The Morgan fingerprint density at radius 1 is 1.12 bits per heavy atom. The molecule has 0 aliphatic carbocycles. The van der Waals surface area contributed by atoms with Gasteiger partial charge >= 0.3 is 0 Å². The van der Waals surface area contributed by atoms with Gasteiger partial charge < -0.3 is 24.3 Å². The Bertz CT molecular complexity index is 1070. The predicted octanol–water partition coefficient (Wildman–Crippen LogP) is 2.85. The lowest BCUT2D eigenvalue weighted by atomic mass is 10.1. The van der Waals surface area contributed by atoms with Crippen molar-refractivity contribution in [2.24, 2.45) is 0 Å². The summed E-state index contributed by atoms with van der Waals surface area (Å²) >= 11 is 0. The van der Waals surface area contributed by atoms with Crippen molar-refractivity contribution in [1.29, 1.82) is 0 Å². The molecule has 3 aromatic rings. The Kier molecular flexibility index (Phi) is 3.35. The van der Waals surface area contributed by atoms with E-state index in [9.17, 15) is 14.7 Å². The van der Waals surface area contributed by atoms with Crippen molar-refractivity contribution in [2.45, 2.75) is 6.92 Å². The van der Waals surface area contributed by atoms with Crippen molar-refractivity contribution in [3.8, 4) is 28.6 Å². The van der Waals surface area contributed by atoms with Gasteiger partial charge in [-0.15, -0.1) is 0 Å². The average molecular weight is 339 g/mol. The lowest BCUT2D eigenvalue weighted by Gasteiger charge is -2.08. The number of benzene rings is 2. The van der Waals surface area contributed by atoms with Crippen LogP contribution in [0.3, 0.4) is 0 Å². The molecule has 0 fully saturated rings. The van der Waals surface area contributed by atoms with Crippen LogP contribution in [0, 0.1) is 0 Å². The number of amides is 1. The fourth-order valence-electron chi connectivity index (χ4n) is 2.70. The van der Waals surface area contributed by atoms with Crippen LogP contribution in [0.2, 0.25) is 0 Å². The first-order chi connectivity index (χ1) is 12.0. The van der Waals surface area contributed by atoms with Crippen LogP contribution in [0.5, 0.6) is 17.2 Å². The average Bonchev–Trinajstić information content (AvgIpc) is 3.05. The number of carbonyl (C=O) groups excluding carboxylic acids is 1. The third-order valence-electron chi connectivity index (χ3n) is 3.82. The van der Waals surface area contributed by atoms with Gasteiger partial charge in [-0.05, 0) is 36.4 Å². The molecule has 25 heavy (non-hydrogen) atoms. The molecule has 1 amide bonds. The molecule has 0 atom stereocenters. The number of ether oxygens (including phenoxy) is 2. The highest BCUT2D eigenvalue weighted by Gasteiger charge is 2.19. The van der Waals surface area contributed by atoms with E-state index in [1.54, 1.807) is 30.3 Å². The van der Waals surface area contributed by atoms with Crippen LogP contribution in [0.25, 0.3) is 22.3 Å². The summed E-state index contributed by atoms with van der Waals surface area (Å²) in [7, 11) is 0. The lowest BCUT2D eigenvalue weighted by molar-refractivity contribution is -0.114. The highest BCUT2D eigenvalue weighted by atomic mass is 16.7. The third kappa shape index (κ3) is 2.55. The van der Waals surface area contributed by atoms with Gasteiger partial charge in [-0.2, -0.15) is 0 Å². The number of anilines is 1. The van der Waals surface area contributed by atoms with E-state index in [1.807, 2.05) is 0 Å². The molecule has 126 valence electrons. The van der Waals surface area contributed by atoms with Gasteiger partial charge in [0.05, 0.1) is 5.39 Å². The van der Waals surface area contributed by atoms with Crippen LogP contribution in [-0.4, -0.2) is 17.8 Å². The van der Waals surface area contributed by atoms with Crippen LogP contribution >= 0.6 is 0 Å². The summed E-state index contributed by atoms with van der Waals surface area (Å²) in [6.45, 7) is 1.49. The number of carbonyl (C=O) groups is 1. The molecule has 7 heteroatoms. The zero-order valence-electron chi connectivity index (χ0n) is 13.2. The van der Waals surface area contributed by atoms with Gasteiger partial charge in [0.25, 0.3) is 0 Å². The van der Waals surface area contributed by atoms with E-state index in [0.29, 0.717) is 28.3 Å². The second-order valence-corrected chi connectivity index (χ2v) is 5.57. The molecule has 7 nitrogen and oxygen atoms in total. The Balaban J connectivity index is 1.87. The van der Waals surface area contributed by atoms with Crippen LogP contribution in [0.15, 0.2) is 45.6 Å². The minimum Gasteiger partial charge on any atom is -0.502 e. The smallest absolute Gasteiger partial charge is 0.235 e. The van der Waals surface area contributed by atoms with E-state index in [4.69, 9.17) is 13.9 Å². The minimum absolute atomic E-state index is 0.0445. The Hall–Kier alpha value is -3.48. The summed E-state index contributed by atoms with van der Waals surface area (Å²) in [5.41, 5.74) is 0.653. The molecule has 1 aliphatic rings. The van der Waals surface area contributed by atoms with E-state index >= 15 is 0 Å². The molecule has 0 unspecified atom stereocenters. The minimum atomic E-state index is -0.582. The second-order valence-electron chi connectivity index (χ2n) is 5.57. The summed E-state index contributed by atoms with van der Waals surface area (Å²) < 4.78 is 16.3. The van der Waals surface area contributed by atoms with E-state index in [1.165, 1.54) is 13.0 Å². The maximum atomic E-state index is 12.5. The molecule has 0 saturated heterocycles. The SMILES string of the molecule is CC(=O)Nc1ccc2oc(-c3ccc4c(c3)OCO4)c(O)c(=O)c2c1. The van der Waals surface area contributed by atoms with Gasteiger partial charge in [0.15, 0.2) is 17.3 Å². The molecule has 0 radical (unpaired) electrons. The first-order valence-corrected chi connectivity index (χ1v) is 7.50. The zero-order valence-corrected chi connectivity index (χ0v) is 13.2. The lowest BCUT2D eigenvalue weighted by Crippen LogP contribution is -2.07. The van der Waals surface area contributed by atoms with Crippen LogP contribution in [0.1, 0.15) is 6.92 Å². The van der Waals surface area contributed by atoms with Crippen LogP contribution < -0.4 is 20.2 Å². The summed E-state index contributed by atoms with van der Waals surface area (Å²) in [5.74, 6) is 0.381. The van der Waals surface area contributed by atoms with Crippen molar-refractivity contribution >= 4 is 22.6 Å². The van der Waals surface area contributed by atoms with E-state index < -0.39 is 11.2 Å². The maximum Gasteiger partial charge on any atom is 0.235 e. The van der Waals surface area contributed by atoms with Crippen molar-refractivity contribution in [2.75, 3.05) is 12.1 Å². The summed E-state index contributed by atoms with van der Waals surface area (Å²) in [6.07, 6.45) is 0. The summed E-state index contributed by atoms with van der Waals surface area (Å²) in [5, 5.41) is 13.1. The molecule has 2 N–H and O–H groups in total. The number of hydrogen-bond acceptors (Lipinski definition) is 6. The van der Waals surface area contributed by atoms with Crippen molar-refractivity contribution in [3.63, 3.8) is 0 Å². The number of nitrogens with one attached hydrogen (secondary N) is 1. The quantitative estimate of drug-likeness (QED) is 0.745. The largest absolute Gasteiger partial charge is 0.502 e. The molecule has 0 bridgehead atoms. The molecule has 2 heterocycles. The fourth-order valence-corrected chi connectivity index (χ4v) is 2.70. The first-order valence-electron chi connectivity index (χ1n) is 7.50. The highest BCUT2D eigenvalue weighted by molar-refractivity contribution is 5.92.